The number of hydrogen-bond donors (Lipinski definition) is 0. The van der Waals surface area contributed by atoms with E-state index in [4.69, 9.17) is 0 Å². The summed E-state index contributed by atoms with van der Waals surface area (Å²) in [6, 6.07) is 9.76. The lowest BCUT2D eigenvalue weighted by Crippen LogP contribution is -2.49. The van der Waals surface area contributed by atoms with Crippen LogP contribution >= 0.6 is 23.1 Å². The van der Waals surface area contributed by atoms with E-state index >= 15 is 0 Å². The lowest BCUT2D eigenvalue weighted by atomic mass is 10.1. The van der Waals surface area contributed by atoms with Gasteiger partial charge in [0.15, 0.2) is 4.34 Å². The van der Waals surface area contributed by atoms with Gasteiger partial charge in [-0.3, -0.25) is 14.5 Å². The van der Waals surface area contributed by atoms with Crippen LogP contribution in [0.4, 0.5) is 0 Å². The molecular formula is C19H21N5O2S2. The number of amides is 1. The van der Waals surface area contributed by atoms with Gasteiger partial charge in [0.05, 0.1) is 12.2 Å². The van der Waals surface area contributed by atoms with Crippen molar-refractivity contribution < 1.29 is 4.79 Å². The molecule has 0 aliphatic carbocycles. The molecular weight excluding hydrogens is 394 g/mol. The molecule has 2 aromatic heterocycles. The molecule has 1 amide bonds. The highest BCUT2D eigenvalue weighted by atomic mass is 32.2. The number of carbonyl (C=O) groups is 1. The summed E-state index contributed by atoms with van der Waals surface area (Å²) in [6.07, 6.45) is 1.92. The van der Waals surface area contributed by atoms with E-state index < -0.39 is 0 Å². The Hall–Kier alpha value is -2.23. The van der Waals surface area contributed by atoms with Crippen LogP contribution in [0.1, 0.15) is 16.8 Å². The number of thioether (sulfide) groups is 1. The van der Waals surface area contributed by atoms with Crippen LogP contribution < -0.4 is 5.56 Å². The van der Waals surface area contributed by atoms with Crippen LogP contribution in [0, 0.1) is 6.92 Å². The molecule has 3 aromatic rings. The molecule has 1 saturated heterocycles. The maximum atomic E-state index is 12.6. The average Bonchev–Trinajstić information content (AvgIpc) is 3.08. The van der Waals surface area contributed by atoms with Gasteiger partial charge in [0, 0.05) is 32.2 Å². The Morgan fingerprint density at radius 3 is 2.79 bits per heavy atom. The fraction of sp³-hybridized carbons (Fsp3) is 0.368. The van der Waals surface area contributed by atoms with Gasteiger partial charge < -0.3 is 4.90 Å². The quantitative estimate of drug-likeness (QED) is 0.594. The van der Waals surface area contributed by atoms with Crippen LogP contribution in [0.15, 0.2) is 39.5 Å². The van der Waals surface area contributed by atoms with Gasteiger partial charge in [-0.15, -0.1) is 5.10 Å². The summed E-state index contributed by atoms with van der Waals surface area (Å²) in [6.45, 7) is 4.95. The summed E-state index contributed by atoms with van der Waals surface area (Å²) < 4.78 is 2.15. The van der Waals surface area contributed by atoms with Gasteiger partial charge >= 0.3 is 0 Å². The Bertz CT molecular complexity index is 1080. The number of carbonyl (C=O) groups excluding carboxylic acids is 1. The molecule has 0 radical (unpaired) electrons. The molecule has 146 valence electrons. The highest BCUT2D eigenvalue weighted by molar-refractivity contribution is 8.00. The number of benzene rings is 1. The van der Waals surface area contributed by atoms with Crippen molar-refractivity contribution in [2.75, 3.05) is 25.9 Å². The predicted molar refractivity (Wildman–Crippen MR) is 111 cm³/mol. The minimum atomic E-state index is -0.180. The van der Waals surface area contributed by atoms with E-state index in [1.807, 2.05) is 22.1 Å². The minimum Gasteiger partial charge on any atom is -0.336 e. The molecule has 1 fully saturated rings. The SMILES string of the molecule is CSc1nn2c(=O)cc(CN3CCN(Cc4cccc(C)c4)C(=O)C3)nc2s1. The second-order valence-electron chi connectivity index (χ2n) is 6.87. The normalized spacial score (nSPS) is 15.5. The van der Waals surface area contributed by atoms with E-state index in [0.717, 1.165) is 16.4 Å². The Morgan fingerprint density at radius 1 is 1.18 bits per heavy atom. The molecule has 7 nitrogen and oxygen atoms in total. The Morgan fingerprint density at radius 2 is 2.04 bits per heavy atom. The van der Waals surface area contributed by atoms with Gasteiger partial charge in [-0.25, -0.2) is 4.98 Å². The monoisotopic (exact) mass is 415 g/mol. The van der Waals surface area contributed by atoms with E-state index in [1.165, 1.54) is 39.2 Å². The topological polar surface area (TPSA) is 70.8 Å². The highest BCUT2D eigenvalue weighted by Gasteiger charge is 2.24. The zero-order valence-corrected chi connectivity index (χ0v) is 17.4. The summed E-state index contributed by atoms with van der Waals surface area (Å²) in [4.78, 5) is 34.0. The predicted octanol–water partition coefficient (Wildman–Crippen LogP) is 2.03. The van der Waals surface area contributed by atoms with E-state index in [1.54, 1.807) is 0 Å². The number of nitrogens with zero attached hydrogens (tertiary/aromatic N) is 5. The molecule has 0 saturated carbocycles. The number of hydrogen-bond acceptors (Lipinski definition) is 7. The molecule has 1 aliphatic heterocycles. The van der Waals surface area contributed by atoms with Crippen molar-refractivity contribution in [3.05, 3.63) is 57.5 Å². The smallest absolute Gasteiger partial charge is 0.275 e. The standard InChI is InChI=1S/C19H21N5O2S2/c1-13-4-3-5-14(8-13)10-23-7-6-22(12-17(23)26)11-15-9-16(25)24-18(20-15)28-19(21-24)27-2/h3-5,8-9H,6-7,10-12H2,1-2H3. The largest absolute Gasteiger partial charge is 0.336 e. The molecule has 0 unspecified atom stereocenters. The summed E-state index contributed by atoms with van der Waals surface area (Å²) >= 11 is 2.89. The molecule has 4 rings (SSSR count). The van der Waals surface area contributed by atoms with E-state index in [-0.39, 0.29) is 11.5 Å². The van der Waals surface area contributed by atoms with Gasteiger partial charge in [-0.2, -0.15) is 4.52 Å². The second kappa shape index (κ2) is 8.02. The van der Waals surface area contributed by atoms with Gasteiger partial charge in [0.1, 0.15) is 0 Å². The second-order valence-corrected chi connectivity index (χ2v) is 8.88. The summed E-state index contributed by atoms with van der Waals surface area (Å²) in [7, 11) is 0. The third-order valence-corrected chi connectivity index (χ3v) is 6.58. The van der Waals surface area contributed by atoms with E-state index in [2.05, 4.69) is 35.2 Å². The summed E-state index contributed by atoms with van der Waals surface area (Å²) in [5.41, 5.74) is 2.85. The molecule has 0 N–H and O–H groups in total. The number of aryl methyl sites for hydroxylation is 1. The highest BCUT2D eigenvalue weighted by Crippen LogP contribution is 2.21. The number of piperazine rings is 1. The minimum absolute atomic E-state index is 0.105. The van der Waals surface area contributed by atoms with Crippen LogP contribution in [-0.2, 0) is 17.9 Å². The van der Waals surface area contributed by atoms with Crippen LogP contribution in [0.2, 0.25) is 0 Å². The molecule has 9 heteroatoms. The summed E-state index contributed by atoms with van der Waals surface area (Å²) in [5.74, 6) is 0.105. The maximum absolute atomic E-state index is 12.6. The Labute approximate surface area is 171 Å². The van der Waals surface area contributed by atoms with Crippen molar-refractivity contribution in [2.24, 2.45) is 0 Å². The van der Waals surface area contributed by atoms with E-state index in [0.29, 0.717) is 36.8 Å². The van der Waals surface area contributed by atoms with Crippen molar-refractivity contribution in [3.8, 4) is 0 Å². The first-order valence-electron chi connectivity index (χ1n) is 9.01. The van der Waals surface area contributed by atoms with Crippen molar-refractivity contribution >= 4 is 34.0 Å². The molecule has 0 bridgehead atoms. The zero-order chi connectivity index (χ0) is 19.7. The Kier molecular flexibility index (Phi) is 5.47. The van der Waals surface area contributed by atoms with Gasteiger partial charge in [-0.1, -0.05) is 52.9 Å². The molecule has 0 spiro atoms. The Balaban J connectivity index is 1.42. The molecule has 28 heavy (non-hydrogen) atoms. The number of aromatic nitrogens is 3. The molecule has 1 aliphatic rings. The van der Waals surface area contributed by atoms with Crippen molar-refractivity contribution in [1.82, 2.24) is 24.4 Å². The average molecular weight is 416 g/mol. The molecule has 0 atom stereocenters. The third-order valence-electron chi connectivity index (χ3n) is 4.69. The first kappa shape index (κ1) is 19.1. The van der Waals surface area contributed by atoms with Crippen LogP contribution in [0.3, 0.4) is 0 Å². The van der Waals surface area contributed by atoms with Gasteiger partial charge in [0.25, 0.3) is 5.56 Å². The van der Waals surface area contributed by atoms with Crippen molar-refractivity contribution in [2.45, 2.75) is 24.4 Å². The fourth-order valence-electron chi connectivity index (χ4n) is 3.32. The molecule has 1 aromatic carbocycles. The van der Waals surface area contributed by atoms with Gasteiger partial charge in [-0.05, 0) is 18.7 Å². The third kappa shape index (κ3) is 4.11. The van der Waals surface area contributed by atoms with Crippen LogP contribution in [0.5, 0.6) is 0 Å². The van der Waals surface area contributed by atoms with Crippen LogP contribution in [0.25, 0.3) is 4.96 Å². The molecule has 3 heterocycles. The fourth-order valence-corrected chi connectivity index (χ4v) is 4.70. The van der Waals surface area contributed by atoms with E-state index in [9.17, 15) is 9.59 Å². The first-order chi connectivity index (χ1) is 13.5. The first-order valence-corrected chi connectivity index (χ1v) is 11.1. The van der Waals surface area contributed by atoms with Crippen molar-refractivity contribution in [1.29, 1.82) is 0 Å². The van der Waals surface area contributed by atoms with Crippen LogP contribution in [-0.4, -0.2) is 56.2 Å². The lowest BCUT2D eigenvalue weighted by molar-refractivity contribution is -0.136. The number of rotatable bonds is 5. The van der Waals surface area contributed by atoms with Crippen molar-refractivity contribution in [3.63, 3.8) is 0 Å². The number of fused-ring (bicyclic) bond motifs is 1. The summed E-state index contributed by atoms with van der Waals surface area (Å²) in [5, 5.41) is 4.24. The zero-order valence-electron chi connectivity index (χ0n) is 15.8. The maximum Gasteiger partial charge on any atom is 0.275 e. The lowest BCUT2D eigenvalue weighted by Gasteiger charge is -2.34. The van der Waals surface area contributed by atoms with Gasteiger partial charge in [0.2, 0.25) is 10.9 Å².